The second-order valence-electron chi connectivity index (χ2n) is 17.3. The van der Waals surface area contributed by atoms with Gasteiger partial charge in [-0.1, -0.05) is 0 Å². The van der Waals surface area contributed by atoms with Gasteiger partial charge >= 0.3 is 52.8 Å². The molecule has 468 valence electrons. The highest BCUT2D eigenvalue weighted by Gasteiger charge is 2.43. The van der Waals surface area contributed by atoms with Crippen molar-refractivity contribution in [3.63, 3.8) is 0 Å². The number of hydrogen-bond acceptors (Lipinski definition) is 27. The Hall–Kier alpha value is 0.221. The second kappa shape index (κ2) is 46.6. The Morgan fingerprint density at radius 3 is 0.701 bits per heavy atom. The molecular formula is C44H109N3O24Si6. The predicted octanol–water partition coefficient (Wildman–Crippen LogP) is 0.493. The Bertz CT molecular complexity index is 1200. The molecule has 0 amide bonds. The lowest BCUT2D eigenvalue weighted by Gasteiger charge is -2.38. The smallest absolute Gasteiger partial charge is 0.395 e. The maximum absolute atomic E-state index is 10.6. The van der Waals surface area contributed by atoms with Crippen LogP contribution in [0.2, 0.25) is 36.3 Å². The summed E-state index contributed by atoms with van der Waals surface area (Å²) in [4.78, 5) is 5.90. The first-order valence-corrected chi connectivity index (χ1v) is 37.3. The zero-order valence-electron chi connectivity index (χ0n) is 50.4. The molecule has 33 heteroatoms. The summed E-state index contributed by atoms with van der Waals surface area (Å²) in [5.74, 6) is 0. The zero-order valence-corrected chi connectivity index (χ0v) is 56.4. The fraction of sp³-hybridized carbons (Fsp3) is 1.00. The van der Waals surface area contributed by atoms with E-state index in [1.54, 1.807) is 133 Å². The average molecular weight is 1230 g/mol. The standard InChI is InChI=1S/C15H37NO9Si2.C15H37NO8Si2.C14H35NO7Si2/c1-20-26(21-2,22-3)11-7-9-16(15(19,13-17)14-18)10-8-12-27(23-4,24-5)25-6;1-19-25(20-2,21-3)11-7-9-16(15(13-17)14-18)10-8-12-26(22-4,23-5)24-6;1-17-23(18-2,19-3)13-7-9-15(11-12-16)10-8-14-24(20-4,21-5)22-6/h17-19H,7-14H2,1-6H3;15,17-18H,7-14H2,1-6H3;16H,7-14H2,1-6H3. The Balaban J connectivity index is -0.00000107. The molecule has 0 atom stereocenters. The van der Waals surface area contributed by atoms with Crippen molar-refractivity contribution < 1.29 is 110 Å². The fourth-order valence-electron chi connectivity index (χ4n) is 8.37. The van der Waals surface area contributed by atoms with Crippen LogP contribution in [0.15, 0.2) is 0 Å². The van der Waals surface area contributed by atoms with Crippen LogP contribution in [0.25, 0.3) is 0 Å². The number of nitrogens with zero attached hydrogens (tertiary/aromatic N) is 3. The molecule has 77 heavy (non-hydrogen) atoms. The van der Waals surface area contributed by atoms with Crippen molar-refractivity contribution in [2.45, 2.75) is 86.6 Å². The third kappa shape index (κ3) is 29.5. The van der Waals surface area contributed by atoms with Crippen molar-refractivity contribution in [3.05, 3.63) is 0 Å². The lowest BCUT2D eigenvalue weighted by atomic mass is 10.2. The fourth-order valence-corrected chi connectivity index (χ4v) is 18.6. The molecule has 0 radical (unpaired) electrons. The third-order valence-corrected chi connectivity index (χ3v) is 30.6. The maximum Gasteiger partial charge on any atom is 0.500 e. The molecule has 0 aromatic rings. The Kier molecular flexibility index (Phi) is 49.3. The van der Waals surface area contributed by atoms with Gasteiger partial charge in [-0.3, -0.25) is 9.80 Å². The molecule has 0 unspecified atom stereocenters. The van der Waals surface area contributed by atoms with Crippen molar-refractivity contribution in [1.82, 2.24) is 14.7 Å². The topological polar surface area (TPSA) is 297 Å². The Morgan fingerprint density at radius 1 is 0.312 bits per heavy atom. The number of rotatable bonds is 50. The van der Waals surface area contributed by atoms with Gasteiger partial charge in [-0.2, -0.15) is 0 Å². The highest BCUT2D eigenvalue weighted by atomic mass is 28.4. The van der Waals surface area contributed by atoms with Gasteiger partial charge in [-0.05, 0) is 64.7 Å². The lowest BCUT2D eigenvalue weighted by molar-refractivity contribution is -0.164. The number of aliphatic hydroxyl groups is 6. The van der Waals surface area contributed by atoms with Gasteiger partial charge < -0.3 is 115 Å². The molecule has 0 bridgehead atoms. The third-order valence-electron chi connectivity index (χ3n) is 13.6. The van der Waals surface area contributed by atoms with Crippen LogP contribution >= 0.6 is 0 Å². The largest absolute Gasteiger partial charge is 0.500 e. The molecule has 6 N–H and O–H groups in total. The van der Waals surface area contributed by atoms with E-state index in [0.717, 1.165) is 50.9 Å². The van der Waals surface area contributed by atoms with Crippen LogP contribution < -0.4 is 0 Å². The molecule has 0 fully saturated rings. The minimum atomic E-state index is -2.73. The summed E-state index contributed by atoms with van der Waals surface area (Å²) in [6.45, 7) is 3.20. The van der Waals surface area contributed by atoms with E-state index in [-0.39, 0.29) is 25.9 Å². The molecule has 0 aliphatic heterocycles. The van der Waals surface area contributed by atoms with Crippen LogP contribution in [0.4, 0.5) is 0 Å². The second-order valence-corrected chi connectivity index (χ2v) is 35.8. The molecular weight excluding hydrogens is 1120 g/mol. The Labute approximate surface area is 469 Å². The van der Waals surface area contributed by atoms with Gasteiger partial charge in [-0.15, -0.1) is 0 Å². The molecule has 27 nitrogen and oxygen atoms in total. The predicted molar refractivity (Wildman–Crippen MR) is 301 cm³/mol. The monoisotopic (exact) mass is 1230 g/mol. The Morgan fingerprint density at radius 2 is 0.519 bits per heavy atom. The minimum absolute atomic E-state index is 0.112. The van der Waals surface area contributed by atoms with Gasteiger partial charge in [-0.25, -0.2) is 0 Å². The van der Waals surface area contributed by atoms with E-state index in [1.807, 2.05) is 0 Å². The van der Waals surface area contributed by atoms with Crippen LogP contribution in [0, 0.1) is 0 Å². The van der Waals surface area contributed by atoms with E-state index < -0.39 is 71.8 Å². The molecule has 0 aliphatic rings. The number of aliphatic hydroxyl groups excluding tert-OH is 5. The van der Waals surface area contributed by atoms with E-state index >= 15 is 0 Å². The van der Waals surface area contributed by atoms with E-state index in [2.05, 4.69) is 9.80 Å². The van der Waals surface area contributed by atoms with Crippen molar-refractivity contribution in [2.75, 3.05) is 207 Å². The lowest BCUT2D eigenvalue weighted by Crippen LogP contribution is -2.56. The molecule has 0 saturated heterocycles. The molecule has 0 saturated carbocycles. The summed E-state index contributed by atoms with van der Waals surface area (Å²) in [5.41, 5.74) is -1.73. The molecule has 0 rings (SSSR count). The molecule has 0 aliphatic carbocycles. The first kappa shape index (κ1) is 81.4. The van der Waals surface area contributed by atoms with Gasteiger partial charge in [0.15, 0.2) is 5.72 Å². The highest BCUT2D eigenvalue weighted by Crippen LogP contribution is 2.23. The van der Waals surface area contributed by atoms with Crippen LogP contribution in [-0.2, 0) is 79.7 Å². The summed E-state index contributed by atoms with van der Waals surface area (Å²) in [7, 11) is 12.7. The SMILES string of the molecule is CO[Si](CCCN(CCC[Si](OC)(OC)OC)C(CO)CO)(OC)OC.CO[Si](CCCN(CCC[Si](OC)(OC)OC)C(O)(CO)CO)(OC)OC.CO[Si](CCCN(CCO)CCC[Si](OC)(OC)OC)(OC)OC. The summed E-state index contributed by atoms with van der Waals surface area (Å²) < 4.78 is 97.6. The van der Waals surface area contributed by atoms with Crippen molar-refractivity contribution in [1.29, 1.82) is 0 Å². The van der Waals surface area contributed by atoms with Gasteiger partial charge in [0.05, 0.1) is 39.1 Å². The van der Waals surface area contributed by atoms with Crippen LogP contribution in [0.1, 0.15) is 38.5 Å². The van der Waals surface area contributed by atoms with Gasteiger partial charge in [0.1, 0.15) is 0 Å². The zero-order chi connectivity index (χ0) is 59.5. The summed E-state index contributed by atoms with van der Waals surface area (Å²) in [6.07, 6.45) is 4.46. The van der Waals surface area contributed by atoms with Crippen molar-refractivity contribution in [3.8, 4) is 0 Å². The minimum Gasteiger partial charge on any atom is -0.395 e. The van der Waals surface area contributed by atoms with Crippen LogP contribution in [-0.4, -0.2) is 317 Å². The average Bonchev–Trinajstić information content (AvgIpc) is 3.48. The van der Waals surface area contributed by atoms with Crippen molar-refractivity contribution in [2.24, 2.45) is 0 Å². The molecule has 0 aromatic heterocycles. The van der Waals surface area contributed by atoms with Crippen molar-refractivity contribution >= 4 is 52.8 Å². The van der Waals surface area contributed by atoms with Gasteiger partial charge in [0.2, 0.25) is 0 Å². The van der Waals surface area contributed by atoms with E-state index in [9.17, 15) is 30.6 Å². The normalized spacial score (nSPS) is 13.2. The molecule has 0 heterocycles. The summed E-state index contributed by atoms with van der Waals surface area (Å²) in [6, 6.07) is 3.55. The molecule has 0 aromatic carbocycles. The number of hydrogen-bond donors (Lipinski definition) is 6. The van der Waals surface area contributed by atoms with Gasteiger partial charge in [0, 0.05) is 184 Å². The maximum atomic E-state index is 10.6. The summed E-state index contributed by atoms with van der Waals surface area (Å²) >= 11 is 0. The molecule has 0 spiro atoms. The van der Waals surface area contributed by atoms with E-state index in [0.29, 0.717) is 69.7 Å². The summed E-state index contributed by atoms with van der Waals surface area (Å²) in [5, 5.41) is 58.1. The highest BCUT2D eigenvalue weighted by molar-refractivity contribution is 6.62. The quantitative estimate of drug-likeness (QED) is 0.0357. The van der Waals surface area contributed by atoms with E-state index in [1.165, 1.54) is 0 Å². The first-order chi connectivity index (χ1) is 36.8. The van der Waals surface area contributed by atoms with Crippen LogP contribution in [0.5, 0.6) is 0 Å². The van der Waals surface area contributed by atoms with E-state index in [4.69, 9.17) is 79.7 Å². The first-order valence-electron chi connectivity index (χ1n) is 25.7. The van der Waals surface area contributed by atoms with Gasteiger partial charge in [0.25, 0.3) is 0 Å². The van der Waals surface area contributed by atoms with Crippen LogP contribution in [0.3, 0.4) is 0 Å².